The molecule has 148 valence electrons. The summed E-state index contributed by atoms with van der Waals surface area (Å²) in [6.45, 7) is 7.64. The number of nitrogens with one attached hydrogen (secondary N) is 1. The topological polar surface area (TPSA) is 88.1 Å². The number of amides is 2. The zero-order chi connectivity index (χ0) is 19.6. The van der Waals surface area contributed by atoms with E-state index in [9.17, 15) is 9.59 Å². The van der Waals surface area contributed by atoms with Crippen LogP contribution in [0, 0.1) is 11.8 Å². The van der Waals surface area contributed by atoms with E-state index in [0.29, 0.717) is 37.0 Å². The summed E-state index contributed by atoms with van der Waals surface area (Å²) in [5.74, 6) is 0.487. The van der Waals surface area contributed by atoms with Crippen LogP contribution >= 0.6 is 0 Å². The fraction of sp³-hybridized carbons (Fsp3) is 0.600. The Balaban J connectivity index is 1.78. The van der Waals surface area contributed by atoms with Gasteiger partial charge in [0, 0.05) is 30.2 Å². The Kier molecular flexibility index (Phi) is 6.01. The number of hydrogen-bond donors (Lipinski definition) is 2. The highest BCUT2D eigenvalue weighted by molar-refractivity contribution is 5.93. The third kappa shape index (κ3) is 4.25. The van der Waals surface area contributed by atoms with Gasteiger partial charge < -0.3 is 14.4 Å². The minimum atomic E-state index is -0.589. The number of hydrogen-bond acceptors (Lipinski definition) is 5. The molecule has 2 aliphatic heterocycles. The van der Waals surface area contributed by atoms with Crippen molar-refractivity contribution in [2.24, 2.45) is 11.8 Å². The van der Waals surface area contributed by atoms with Gasteiger partial charge in [-0.05, 0) is 37.8 Å². The first-order valence-corrected chi connectivity index (χ1v) is 9.53. The van der Waals surface area contributed by atoms with Crippen LogP contribution in [-0.2, 0) is 16.1 Å². The van der Waals surface area contributed by atoms with Crippen molar-refractivity contribution in [1.29, 1.82) is 0 Å². The van der Waals surface area contributed by atoms with Crippen molar-refractivity contribution in [3.63, 3.8) is 0 Å². The van der Waals surface area contributed by atoms with Gasteiger partial charge in [-0.2, -0.15) is 0 Å². The molecule has 2 aliphatic rings. The van der Waals surface area contributed by atoms with Crippen LogP contribution in [0.4, 0.5) is 0 Å². The first kappa shape index (κ1) is 19.6. The second-order valence-corrected chi connectivity index (χ2v) is 7.76. The molecule has 7 heteroatoms. The van der Waals surface area contributed by atoms with Gasteiger partial charge in [-0.15, -0.1) is 0 Å². The summed E-state index contributed by atoms with van der Waals surface area (Å²) in [5, 5.41) is 8.81. The number of nitrogens with zero attached hydrogens (tertiary/aromatic N) is 1. The highest BCUT2D eigenvalue weighted by Crippen LogP contribution is 2.31. The molecule has 0 aliphatic carbocycles. The second-order valence-electron chi connectivity index (χ2n) is 7.76. The Morgan fingerprint density at radius 3 is 2.81 bits per heavy atom. The Morgan fingerprint density at radius 2 is 2.11 bits per heavy atom. The van der Waals surface area contributed by atoms with Crippen molar-refractivity contribution in [2.75, 3.05) is 13.2 Å². The lowest BCUT2D eigenvalue weighted by atomic mass is 9.89. The predicted octanol–water partition coefficient (Wildman–Crippen LogP) is 2.37. The summed E-state index contributed by atoms with van der Waals surface area (Å²) in [7, 11) is 0. The molecule has 0 aromatic heterocycles. The molecular formula is C20H28N2O5. The minimum absolute atomic E-state index is 0.0328. The van der Waals surface area contributed by atoms with Crippen LogP contribution in [0.1, 0.15) is 49.5 Å². The molecule has 2 heterocycles. The summed E-state index contributed by atoms with van der Waals surface area (Å²) >= 11 is 0. The largest absolute Gasteiger partial charge is 0.491 e. The van der Waals surface area contributed by atoms with Gasteiger partial charge in [0.05, 0.1) is 12.1 Å². The number of hydroxylamine groups is 1. The monoisotopic (exact) mass is 376 g/mol. The molecule has 2 unspecified atom stereocenters. The quantitative estimate of drug-likeness (QED) is 0.625. The lowest BCUT2D eigenvalue weighted by molar-refractivity contribution is -0.144. The fourth-order valence-electron chi connectivity index (χ4n) is 3.71. The van der Waals surface area contributed by atoms with Crippen molar-refractivity contribution in [1.82, 2.24) is 10.4 Å². The first-order valence-electron chi connectivity index (χ1n) is 9.53. The first-order chi connectivity index (χ1) is 12.9. The van der Waals surface area contributed by atoms with Crippen LogP contribution in [0.15, 0.2) is 18.2 Å². The Bertz CT molecular complexity index is 706. The van der Waals surface area contributed by atoms with Crippen molar-refractivity contribution in [3.8, 4) is 5.75 Å². The van der Waals surface area contributed by atoms with Crippen LogP contribution in [0.5, 0.6) is 5.75 Å². The van der Waals surface area contributed by atoms with Crippen molar-refractivity contribution in [2.45, 2.75) is 52.3 Å². The third-order valence-electron chi connectivity index (χ3n) is 5.47. The van der Waals surface area contributed by atoms with E-state index in [2.05, 4.69) is 13.8 Å². The van der Waals surface area contributed by atoms with Crippen LogP contribution < -0.4 is 10.2 Å². The van der Waals surface area contributed by atoms with Crippen LogP contribution in [0.2, 0.25) is 0 Å². The minimum Gasteiger partial charge on any atom is -0.491 e. The van der Waals surface area contributed by atoms with E-state index in [1.165, 1.54) is 0 Å². The number of carbonyl (C=O) groups is 2. The Labute approximate surface area is 159 Å². The van der Waals surface area contributed by atoms with Crippen LogP contribution in [0.3, 0.4) is 0 Å². The average Bonchev–Trinajstić information content (AvgIpc) is 2.85. The zero-order valence-electron chi connectivity index (χ0n) is 16.1. The van der Waals surface area contributed by atoms with Gasteiger partial charge in [0.15, 0.2) is 0 Å². The van der Waals surface area contributed by atoms with Crippen molar-refractivity contribution in [3.05, 3.63) is 29.3 Å². The molecule has 0 spiro atoms. The number of carbonyl (C=O) groups excluding carboxylic acids is 2. The number of fused-ring (bicyclic) bond motifs is 1. The SMILES string of the molecule is CC(C)C1CC(C(=O)N2Cc3ccc(C(=O)NO)cc3OC[C@@H]2C)CCO1. The van der Waals surface area contributed by atoms with Gasteiger partial charge in [-0.25, -0.2) is 5.48 Å². The third-order valence-corrected chi connectivity index (χ3v) is 5.47. The molecule has 1 saturated heterocycles. The Morgan fingerprint density at radius 1 is 1.33 bits per heavy atom. The van der Waals surface area contributed by atoms with Gasteiger partial charge in [0.25, 0.3) is 5.91 Å². The lowest BCUT2D eigenvalue weighted by Gasteiger charge is -2.35. The normalized spacial score (nSPS) is 25.4. The van der Waals surface area contributed by atoms with E-state index in [0.717, 1.165) is 18.4 Å². The van der Waals surface area contributed by atoms with E-state index in [1.54, 1.807) is 23.7 Å². The molecule has 3 rings (SSSR count). The van der Waals surface area contributed by atoms with Crippen LogP contribution in [-0.4, -0.2) is 47.3 Å². The van der Waals surface area contributed by atoms with Crippen molar-refractivity contribution >= 4 is 11.8 Å². The molecular weight excluding hydrogens is 348 g/mol. The van der Waals surface area contributed by atoms with Gasteiger partial charge in [-0.3, -0.25) is 14.8 Å². The molecule has 3 atom stereocenters. The maximum Gasteiger partial charge on any atom is 0.274 e. The highest BCUT2D eigenvalue weighted by atomic mass is 16.5. The molecule has 2 amide bonds. The molecule has 1 aromatic carbocycles. The molecule has 0 saturated carbocycles. The molecule has 1 fully saturated rings. The highest BCUT2D eigenvalue weighted by Gasteiger charge is 2.35. The van der Waals surface area contributed by atoms with Crippen LogP contribution in [0.25, 0.3) is 0 Å². The number of rotatable bonds is 3. The maximum atomic E-state index is 13.2. The summed E-state index contributed by atoms with van der Waals surface area (Å²) in [4.78, 5) is 26.7. The van der Waals surface area contributed by atoms with Gasteiger partial charge >= 0.3 is 0 Å². The molecule has 0 bridgehead atoms. The molecule has 27 heavy (non-hydrogen) atoms. The van der Waals surface area contributed by atoms with Gasteiger partial charge in [-0.1, -0.05) is 19.9 Å². The molecule has 0 radical (unpaired) electrons. The second kappa shape index (κ2) is 8.27. The predicted molar refractivity (Wildman–Crippen MR) is 98.5 cm³/mol. The summed E-state index contributed by atoms with van der Waals surface area (Å²) in [5.41, 5.74) is 2.79. The Hall–Kier alpha value is -2.12. The van der Waals surface area contributed by atoms with E-state index < -0.39 is 5.91 Å². The van der Waals surface area contributed by atoms with Crippen molar-refractivity contribution < 1.29 is 24.3 Å². The standard InChI is InChI=1S/C20H28N2O5/c1-12(2)17-9-15(6-7-26-17)20(24)22-10-16-5-4-14(19(23)21-25)8-18(16)27-11-13(22)3/h4-5,8,12-13,15,17,25H,6-7,9-11H2,1-3H3,(H,21,23)/t13-,15?,17?/m0/s1. The van der Waals surface area contributed by atoms with E-state index in [-0.39, 0.29) is 24.0 Å². The number of benzene rings is 1. The van der Waals surface area contributed by atoms with E-state index >= 15 is 0 Å². The average molecular weight is 376 g/mol. The van der Waals surface area contributed by atoms with E-state index in [4.69, 9.17) is 14.7 Å². The smallest absolute Gasteiger partial charge is 0.274 e. The number of ether oxygens (including phenoxy) is 2. The maximum absolute atomic E-state index is 13.2. The summed E-state index contributed by atoms with van der Waals surface area (Å²) < 4.78 is 11.7. The van der Waals surface area contributed by atoms with Gasteiger partial charge in [0.1, 0.15) is 12.4 Å². The molecule has 2 N–H and O–H groups in total. The van der Waals surface area contributed by atoms with E-state index in [1.807, 2.05) is 11.8 Å². The van der Waals surface area contributed by atoms with Gasteiger partial charge in [0.2, 0.25) is 5.91 Å². The summed E-state index contributed by atoms with van der Waals surface area (Å²) in [6, 6.07) is 4.93. The summed E-state index contributed by atoms with van der Waals surface area (Å²) in [6.07, 6.45) is 1.62. The molecule has 7 nitrogen and oxygen atoms in total. The fourth-order valence-corrected chi connectivity index (χ4v) is 3.71. The lowest BCUT2D eigenvalue weighted by Crippen LogP contribution is -2.46. The zero-order valence-corrected chi connectivity index (χ0v) is 16.1. The molecule has 1 aromatic rings.